The molecule has 2 fully saturated rings. The van der Waals surface area contributed by atoms with E-state index in [1.807, 2.05) is 17.0 Å². The smallest absolute Gasteiger partial charge is 0.257 e. The molecule has 4 rings (SSSR count). The lowest BCUT2D eigenvalue weighted by molar-refractivity contribution is 0.0688. The summed E-state index contributed by atoms with van der Waals surface area (Å²) >= 11 is 5.50. The van der Waals surface area contributed by atoms with E-state index in [1.165, 1.54) is 4.90 Å². The molecule has 1 aromatic carbocycles. The number of nitrogens with zero attached hydrogens (tertiary/aromatic N) is 4. The molecule has 2 aliphatic heterocycles. The number of thiocarbonyl (C=S) groups is 1. The fourth-order valence-electron chi connectivity index (χ4n) is 3.59. The summed E-state index contributed by atoms with van der Waals surface area (Å²) in [5.74, 6) is -0.976. The van der Waals surface area contributed by atoms with E-state index in [4.69, 9.17) is 17.0 Å². The van der Waals surface area contributed by atoms with Crippen molar-refractivity contribution >= 4 is 34.7 Å². The SMILES string of the molecule is O=C(c1cc(F)ccc1F)N1CCN(C(=S)Nc2ccc(N3CCOCC3)nc2)CC1. The minimum absolute atomic E-state index is 0.249. The van der Waals surface area contributed by atoms with Crippen LogP contribution >= 0.6 is 12.2 Å². The number of carbonyl (C=O) groups excluding carboxylic acids is 1. The summed E-state index contributed by atoms with van der Waals surface area (Å²) in [6, 6.07) is 6.77. The Labute approximate surface area is 184 Å². The number of anilines is 2. The molecule has 1 aromatic heterocycles. The summed E-state index contributed by atoms with van der Waals surface area (Å²) in [6.45, 7) is 4.76. The first-order valence-corrected chi connectivity index (χ1v) is 10.5. The standard InChI is InChI=1S/C21H23F2N5O2S/c22-15-1-3-18(23)17(13-15)20(29)27-5-7-28(8-6-27)21(31)25-16-2-4-19(24-14-16)26-9-11-30-12-10-26/h1-4,13-14H,5-12H2,(H,25,31). The second-order valence-electron chi connectivity index (χ2n) is 7.34. The highest BCUT2D eigenvalue weighted by Crippen LogP contribution is 2.17. The number of morpholine rings is 1. The van der Waals surface area contributed by atoms with Gasteiger partial charge < -0.3 is 24.8 Å². The number of halogens is 2. The third-order valence-corrected chi connectivity index (χ3v) is 5.71. The molecule has 0 radical (unpaired) electrons. The topological polar surface area (TPSA) is 60.9 Å². The second kappa shape index (κ2) is 9.52. The van der Waals surface area contributed by atoms with Gasteiger partial charge in [-0.05, 0) is 42.5 Å². The van der Waals surface area contributed by atoms with Gasteiger partial charge in [-0.2, -0.15) is 0 Å². The first-order valence-electron chi connectivity index (χ1n) is 10.1. The Balaban J connectivity index is 1.30. The highest BCUT2D eigenvalue weighted by molar-refractivity contribution is 7.80. The van der Waals surface area contributed by atoms with Crippen molar-refractivity contribution in [2.24, 2.45) is 0 Å². The fourth-order valence-corrected chi connectivity index (χ4v) is 3.89. The first kappa shape index (κ1) is 21.4. The van der Waals surface area contributed by atoms with Gasteiger partial charge in [0, 0.05) is 39.3 Å². The highest BCUT2D eigenvalue weighted by Gasteiger charge is 2.25. The summed E-state index contributed by atoms with van der Waals surface area (Å²) < 4.78 is 32.7. The van der Waals surface area contributed by atoms with Crippen LogP contribution in [-0.2, 0) is 4.74 Å². The van der Waals surface area contributed by atoms with Crippen LogP contribution in [-0.4, -0.2) is 78.3 Å². The van der Waals surface area contributed by atoms with Crippen LogP contribution in [0, 0.1) is 11.6 Å². The molecule has 0 aliphatic carbocycles. The van der Waals surface area contributed by atoms with Gasteiger partial charge in [0.1, 0.15) is 17.5 Å². The van der Waals surface area contributed by atoms with Crippen molar-refractivity contribution in [1.82, 2.24) is 14.8 Å². The Bertz CT molecular complexity index is 945. The average Bonchev–Trinajstić information content (AvgIpc) is 2.81. The lowest BCUT2D eigenvalue weighted by Crippen LogP contribution is -2.51. The Kier molecular flexibility index (Phi) is 6.57. The number of piperazine rings is 1. The Hall–Kier alpha value is -2.85. The molecule has 7 nitrogen and oxygen atoms in total. The Morgan fingerprint density at radius 1 is 1.00 bits per heavy atom. The van der Waals surface area contributed by atoms with E-state index in [0.717, 1.165) is 42.8 Å². The third kappa shape index (κ3) is 5.08. The van der Waals surface area contributed by atoms with Crippen molar-refractivity contribution in [3.8, 4) is 0 Å². The maximum absolute atomic E-state index is 13.9. The predicted molar refractivity (Wildman–Crippen MR) is 117 cm³/mol. The van der Waals surface area contributed by atoms with E-state index < -0.39 is 17.5 Å². The third-order valence-electron chi connectivity index (χ3n) is 5.35. The van der Waals surface area contributed by atoms with Gasteiger partial charge in [-0.3, -0.25) is 4.79 Å². The lowest BCUT2D eigenvalue weighted by atomic mass is 10.1. The quantitative estimate of drug-likeness (QED) is 0.725. The molecule has 1 amide bonds. The molecule has 1 N–H and O–H groups in total. The van der Waals surface area contributed by atoms with Crippen molar-refractivity contribution in [2.75, 3.05) is 62.7 Å². The highest BCUT2D eigenvalue weighted by atomic mass is 32.1. The number of carbonyl (C=O) groups is 1. The largest absolute Gasteiger partial charge is 0.378 e. The maximum Gasteiger partial charge on any atom is 0.257 e. The summed E-state index contributed by atoms with van der Waals surface area (Å²) in [7, 11) is 0. The molecular formula is C21H23F2N5O2S. The molecule has 164 valence electrons. The summed E-state index contributed by atoms with van der Waals surface area (Å²) in [4.78, 5) is 22.7. The van der Waals surface area contributed by atoms with Crippen LogP contribution in [0.1, 0.15) is 10.4 Å². The molecule has 3 heterocycles. The number of ether oxygens (including phenoxy) is 1. The normalized spacial score (nSPS) is 16.9. The van der Waals surface area contributed by atoms with Crippen molar-refractivity contribution < 1.29 is 18.3 Å². The number of benzene rings is 1. The van der Waals surface area contributed by atoms with Crippen molar-refractivity contribution in [1.29, 1.82) is 0 Å². The van der Waals surface area contributed by atoms with E-state index >= 15 is 0 Å². The van der Waals surface area contributed by atoms with E-state index in [-0.39, 0.29) is 5.56 Å². The number of aromatic nitrogens is 1. The van der Waals surface area contributed by atoms with Crippen LogP contribution in [0.5, 0.6) is 0 Å². The van der Waals surface area contributed by atoms with Gasteiger partial charge in [0.25, 0.3) is 5.91 Å². The number of nitrogens with one attached hydrogen (secondary N) is 1. The number of pyridine rings is 1. The van der Waals surface area contributed by atoms with Gasteiger partial charge in [0.15, 0.2) is 5.11 Å². The van der Waals surface area contributed by atoms with Gasteiger partial charge in [0.05, 0.1) is 30.7 Å². The predicted octanol–water partition coefficient (Wildman–Crippen LogP) is 2.35. The van der Waals surface area contributed by atoms with E-state index in [0.29, 0.717) is 44.5 Å². The maximum atomic E-state index is 13.9. The zero-order valence-corrected chi connectivity index (χ0v) is 17.7. The van der Waals surface area contributed by atoms with Crippen LogP contribution in [0.4, 0.5) is 20.3 Å². The lowest BCUT2D eigenvalue weighted by Gasteiger charge is -2.36. The first-order chi connectivity index (χ1) is 15.0. The monoisotopic (exact) mass is 447 g/mol. The molecule has 31 heavy (non-hydrogen) atoms. The summed E-state index contributed by atoms with van der Waals surface area (Å²) in [5, 5.41) is 3.71. The van der Waals surface area contributed by atoms with Gasteiger partial charge >= 0.3 is 0 Å². The number of hydrogen-bond donors (Lipinski definition) is 1. The molecular weight excluding hydrogens is 424 g/mol. The average molecular weight is 448 g/mol. The Morgan fingerprint density at radius 2 is 1.71 bits per heavy atom. The van der Waals surface area contributed by atoms with Crippen LogP contribution in [0.15, 0.2) is 36.5 Å². The zero-order chi connectivity index (χ0) is 21.8. The second-order valence-corrected chi connectivity index (χ2v) is 7.72. The molecule has 2 aromatic rings. The number of amides is 1. The van der Waals surface area contributed by atoms with E-state index in [2.05, 4.69) is 15.2 Å². The minimum atomic E-state index is -0.723. The summed E-state index contributed by atoms with van der Waals surface area (Å²) in [5.41, 5.74) is 0.530. The summed E-state index contributed by atoms with van der Waals surface area (Å²) in [6.07, 6.45) is 1.74. The molecule has 0 unspecified atom stereocenters. The van der Waals surface area contributed by atoms with E-state index in [1.54, 1.807) is 6.20 Å². The molecule has 0 atom stereocenters. The molecule has 0 bridgehead atoms. The Morgan fingerprint density at radius 3 is 2.39 bits per heavy atom. The van der Waals surface area contributed by atoms with Crippen LogP contribution in [0.3, 0.4) is 0 Å². The van der Waals surface area contributed by atoms with Crippen LogP contribution in [0.25, 0.3) is 0 Å². The fraction of sp³-hybridized carbons (Fsp3) is 0.381. The van der Waals surface area contributed by atoms with Gasteiger partial charge in [-0.15, -0.1) is 0 Å². The van der Waals surface area contributed by atoms with Crippen molar-refractivity contribution in [2.45, 2.75) is 0 Å². The zero-order valence-electron chi connectivity index (χ0n) is 16.9. The van der Waals surface area contributed by atoms with Gasteiger partial charge in [0.2, 0.25) is 0 Å². The van der Waals surface area contributed by atoms with Crippen LogP contribution < -0.4 is 10.2 Å². The minimum Gasteiger partial charge on any atom is -0.378 e. The number of rotatable bonds is 3. The van der Waals surface area contributed by atoms with Crippen LogP contribution in [0.2, 0.25) is 0 Å². The molecule has 2 aliphatic rings. The van der Waals surface area contributed by atoms with Gasteiger partial charge in [-0.1, -0.05) is 0 Å². The molecule has 0 saturated carbocycles. The molecule has 10 heteroatoms. The number of hydrogen-bond acceptors (Lipinski definition) is 5. The van der Waals surface area contributed by atoms with E-state index in [9.17, 15) is 13.6 Å². The molecule has 0 spiro atoms. The molecule has 2 saturated heterocycles. The van der Waals surface area contributed by atoms with Gasteiger partial charge in [-0.25, -0.2) is 13.8 Å². The van der Waals surface area contributed by atoms with Crippen molar-refractivity contribution in [3.05, 3.63) is 53.7 Å². The van der Waals surface area contributed by atoms with Crippen molar-refractivity contribution in [3.63, 3.8) is 0 Å².